The van der Waals surface area contributed by atoms with E-state index in [9.17, 15) is 13.2 Å². The molecule has 0 saturated carbocycles. The Morgan fingerprint density at radius 2 is 2.00 bits per heavy atom. The van der Waals surface area contributed by atoms with Crippen molar-refractivity contribution in [3.05, 3.63) is 47.8 Å². The third-order valence-electron chi connectivity index (χ3n) is 2.49. The van der Waals surface area contributed by atoms with Crippen LogP contribution in [0.3, 0.4) is 0 Å². The molecule has 96 valence electrons. The van der Waals surface area contributed by atoms with Crippen molar-refractivity contribution in [2.75, 3.05) is 6.54 Å². The molecule has 0 fully saturated rings. The Balaban J connectivity index is 2.31. The van der Waals surface area contributed by atoms with E-state index in [0.29, 0.717) is 18.7 Å². The largest absolute Gasteiger partial charge is 0.435 e. The highest BCUT2D eigenvalue weighted by atomic mass is 19.4. The summed E-state index contributed by atoms with van der Waals surface area (Å²) >= 11 is 0. The van der Waals surface area contributed by atoms with Gasteiger partial charge < -0.3 is 5.73 Å². The van der Waals surface area contributed by atoms with Crippen LogP contribution in [0.15, 0.2) is 36.5 Å². The molecule has 0 unspecified atom stereocenters. The summed E-state index contributed by atoms with van der Waals surface area (Å²) in [5.41, 5.74) is 6.11. The molecule has 0 aliphatic carbocycles. The summed E-state index contributed by atoms with van der Waals surface area (Å²) in [5.74, 6) is 0. The van der Waals surface area contributed by atoms with Gasteiger partial charge in [-0.05, 0) is 36.7 Å². The first-order chi connectivity index (χ1) is 8.50. The lowest BCUT2D eigenvalue weighted by Gasteiger charge is -2.05. The van der Waals surface area contributed by atoms with E-state index < -0.39 is 11.9 Å². The maximum absolute atomic E-state index is 12.4. The first kappa shape index (κ1) is 12.6. The van der Waals surface area contributed by atoms with Gasteiger partial charge in [0.2, 0.25) is 0 Å². The summed E-state index contributed by atoms with van der Waals surface area (Å²) in [6.07, 6.45) is -2.44. The molecule has 0 aliphatic heterocycles. The van der Waals surface area contributed by atoms with Gasteiger partial charge in [0.05, 0.1) is 5.69 Å². The van der Waals surface area contributed by atoms with Gasteiger partial charge in [-0.3, -0.25) is 0 Å². The van der Waals surface area contributed by atoms with Crippen LogP contribution in [0.5, 0.6) is 0 Å². The standard InChI is InChI=1S/C12H12F3N3/c13-12(14,15)11-5-7-18(17-11)10-3-1-2-9(8-10)4-6-16/h1-3,5,7-8H,4,6,16H2. The molecule has 0 atom stereocenters. The molecule has 0 spiro atoms. The Bertz CT molecular complexity index is 531. The van der Waals surface area contributed by atoms with E-state index in [1.807, 2.05) is 6.07 Å². The van der Waals surface area contributed by atoms with Crippen LogP contribution in [0.4, 0.5) is 13.2 Å². The molecule has 0 amide bonds. The molecule has 1 heterocycles. The Morgan fingerprint density at radius 1 is 1.22 bits per heavy atom. The minimum absolute atomic E-state index is 0.496. The van der Waals surface area contributed by atoms with E-state index in [1.54, 1.807) is 18.2 Å². The van der Waals surface area contributed by atoms with Gasteiger partial charge in [-0.25, -0.2) is 4.68 Å². The number of alkyl halides is 3. The van der Waals surface area contributed by atoms with Gasteiger partial charge >= 0.3 is 6.18 Å². The van der Waals surface area contributed by atoms with Crippen molar-refractivity contribution < 1.29 is 13.2 Å². The number of halogens is 3. The van der Waals surface area contributed by atoms with Crippen molar-refractivity contribution >= 4 is 0 Å². The molecule has 0 aliphatic rings. The highest BCUT2D eigenvalue weighted by Gasteiger charge is 2.33. The smallest absolute Gasteiger partial charge is 0.330 e. The normalized spacial score (nSPS) is 11.8. The molecule has 1 aromatic heterocycles. The van der Waals surface area contributed by atoms with Crippen LogP contribution in [-0.4, -0.2) is 16.3 Å². The van der Waals surface area contributed by atoms with E-state index >= 15 is 0 Å². The Hall–Kier alpha value is -1.82. The highest BCUT2D eigenvalue weighted by molar-refractivity contribution is 5.35. The molecule has 2 rings (SSSR count). The molecule has 2 N–H and O–H groups in total. The molecule has 0 bridgehead atoms. The predicted octanol–water partition coefficient (Wildman–Crippen LogP) is 2.39. The number of nitrogens with zero attached hydrogens (tertiary/aromatic N) is 2. The van der Waals surface area contributed by atoms with Crippen LogP contribution in [0.25, 0.3) is 5.69 Å². The van der Waals surface area contributed by atoms with E-state index in [2.05, 4.69) is 5.10 Å². The number of nitrogens with two attached hydrogens (primary N) is 1. The minimum Gasteiger partial charge on any atom is -0.330 e. The summed E-state index contributed by atoms with van der Waals surface area (Å²) in [6, 6.07) is 8.09. The fraction of sp³-hybridized carbons (Fsp3) is 0.250. The molecule has 18 heavy (non-hydrogen) atoms. The lowest BCUT2D eigenvalue weighted by molar-refractivity contribution is -0.141. The molecular formula is C12H12F3N3. The third-order valence-corrected chi connectivity index (χ3v) is 2.49. The van der Waals surface area contributed by atoms with Gasteiger partial charge in [-0.2, -0.15) is 18.3 Å². The maximum Gasteiger partial charge on any atom is 0.435 e. The van der Waals surface area contributed by atoms with Crippen LogP contribution < -0.4 is 5.73 Å². The van der Waals surface area contributed by atoms with Crippen molar-refractivity contribution in [2.24, 2.45) is 5.73 Å². The second kappa shape index (κ2) is 4.81. The molecule has 2 aromatic rings. The molecule has 3 nitrogen and oxygen atoms in total. The van der Waals surface area contributed by atoms with Crippen LogP contribution in [0, 0.1) is 0 Å². The van der Waals surface area contributed by atoms with Crippen molar-refractivity contribution in [3.8, 4) is 5.69 Å². The van der Waals surface area contributed by atoms with Gasteiger partial charge in [0, 0.05) is 6.20 Å². The zero-order valence-corrected chi connectivity index (χ0v) is 9.48. The van der Waals surface area contributed by atoms with Crippen molar-refractivity contribution in [1.29, 1.82) is 0 Å². The molecule has 0 radical (unpaired) electrons. The lowest BCUT2D eigenvalue weighted by Crippen LogP contribution is -2.07. The maximum atomic E-state index is 12.4. The van der Waals surface area contributed by atoms with Crippen molar-refractivity contribution in [2.45, 2.75) is 12.6 Å². The number of hydrogen-bond acceptors (Lipinski definition) is 2. The third kappa shape index (κ3) is 2.70. The second-order valence-electron chi connectivity index (χ2n) is 3.85. The van der Waals surface area contributed by atoms with Crippen LogP contribution in [0.2, 0.25) is 0 Å². The summed E-state index contributed by atoms with van der Waals surface area (Å²) in [6.45, 7) is 0.496. The van der Waals surface area contributed by atoms with Crippen molar-refractivity contribution in [3.63, 3.8) is 0 Å². The van der Waals surface area contributed by atoms with Gasteiger partial charge in [-0.1, -0.05) is 12.1 Å². The van der Waals surface area contributed by atoms with Crippen LogP contribution >= 0.6 is 0 Å². The first-order valence-electron chi connectivity index (χ1n) is 5.43. The Labute approximate surface area is 102 Å². The average molecular weight is 255 g/mol. The summed E-state index contributed by atoms with van der Waals surface area (Å²) in [5, 5.41) is 3.51. The Kier molecular flexibility index (Phi) is 3.38. The summed E-state index contributed by atoms with van der Waals surface area (Å²) in [4.78, 5) is 0. The van der Waals surface area contributed by atoms with E-state index in [4.69, 9.17) is 5.73 Å². The summed E-state index contributed by atoms with van der Waals surface area (Å²) < 4.78 is 38.5. The van der Waals surface area contributed by atoms with E-state index in [-0.39, 0.29) is 0 Å². The highest BCUT2D eigenvalue weighted by Crippen LogP contribution is 2.27. The van der Waals surface area contributed by atoms with E-state index in [1.165, 1.54) is 10.9 Å². The molecule has 1 aromatic carbocycles. The monoisotopic (exact) mass is 255 g/mol. The SMILES string of the molecule is NCCc1cccc(-n2ccc(C(F)(F)F)n2)c1. The van der Waals surface area contributed by atoms with Gasteiger partial charge in [-0.15, -0.1) is 0 Å². The second-order valence-corrected chi connectivity index (χ2v) is 3.85. The van der Waals surface area contributed by atoms with E-state index in [0.717, 1.165) is 11.6 Å². The fourth-order valence-electron chi connectivity index (χ4n) is 1.64. The fourth-order valence-corrected chi connectivity index (χ4v) is 1.64. The molecular weight excluding hydrogens is 243 g/mol. The first-order valence-corrected chi connectivity index (χ1v) is 5.43. The number of hydrogen-bond donors (Lipinski definition) is 1. The topological polar surface area (TPSA) is 43.8 Å². The van der Waals surface area contributed by atoms with Gasteiger partial charge in [0.25, 0.3) is 0 Å². The molecule has 6 heteroatoms. The van der Waals surface area contributed by atoms with Crippen LogP contribution in [-0.2, 0) is 12.6 Å². The molecule has 0 saturated heterocycles. The average Bonchev–Trinajstić information content (AvgIpc) is 2.78. The zero-order valence-electron chi connectivity index (χ0n) is 9.48. The van der Waals surface area contributed by atoms with Gasteiger partial charge in [0.1, 0.15) is 0 Å². The minimum atomic E-state index is -4.42. The van der Waals surface area contributed by atoms with Crippen molar-refractivity contribution in [1.82, 2.24) is 9.78 Å². The predicted molar refractivity (Wildman–Crippen MR) is 61.3 cm³/mol. The quantitative estimate of drug-likeness (QED) is 0.915. The zero-order chi connectivity index (χ0) is 13.2. The number of rotatable bonds is 3. The van der Waals surface area contributed by atoms with Gasteiger partial charge in [0.15, 0.2) is 5.69 Å². The van der Waals surface area contributed by atoms with Crippen LogP contribution in [0.1, 0.15) is 11.3 Å². The Morgan fingerprint density at radius 3 is 2.61 bits per heavy atom. The lowest BCUT2D eigenvalue weighted by atomic mass is 10.1. The number of aromatic nitrogens is 2. The summed E-state index contributed by atoms with van der Waals surface area (Å²) in [7, 11) is 0. The number of benzene rings is 1.